The van der Waals surface area contributed by atoms with Gasteiger partial charge < -0.3 is 5.11 Å². The first-order valence-corrected chi connectivity index (χ1v) is 8.75. The highest BCUT2D eigenvalue weighted by molar-refractivity contribution is 7.91. The smallest absolute Gasteiger partial charge is 0.197 e. The molecule has 0 unspecified atom stereocenters. The van der Waals surface area contributed by atoms with Gasteiger partial charge in [-0.1, -0.05) is 12.1 Å². The Morgan fingerprint density at radius 1 is 1.09 bits per heavy atom. The predicted molar refractivity (Wildman–Crippen MR) is 84.6 cm³/mol. The molecule has 3 heterocycles. The van der Waals surface area contributed by atoms with Gasteiger partial charge in [0, 0.05) is 23.5 Å². The van der Waals surface area contributed by atoms with Crippen molar-refractivity contribution in [3.05, 3.63) is 48.8 Å². The van der Waals surface area contributed by atoms with Crippen LogP contribution in [0.5, 0.6) is 5.75 Å². The van der Waals surface area contributed by atoms with Crippen molar-refractivity contribution in [3.63, 3.8) is 0 Å². The highest BCUT2D eigenvalue weighted by Gasteiger charge is 2.34. The van der Waals surface area contributed by atoms with E-state index in [0.29, 0.717) is 23.4 Å². The van der Waals surface area contributed by atoms with E-state index >= 15 is 0 Å². The van der Waals surface area contributed by atoms with Crippen LogP contribution in [0.1, 0.15) is 0 Å². The van der Waals surface area contributed by atoms with E-state index in [4.69, 9.17) is 0 Å². The minimum absolute atomic E-state index is 0.0632. The second-order valence-electron chi connectivity index (χ2n) is 5.36. The number of pyridine rings is 1. The van der Waals surface area contributed by atoms with Crippen LogP contribution in [0.15, 0.2) is 53.8 Å². The number of aromatic nitrogens is 3. The normalized spacial score (nSPS) is 15.5. The number of fused-ring (bicyclic) bond motifs is 1. The lowest BCUT2D eigenvalue weighted by Crippen LogP contribution is -2.01. The van der Waals surface area contributed by atoms with Crippen LogP contribution >= 0.6 is 0 Å². The highest BCUT2D eigenvalue weighted by Crippen LogP contribution is 2.39. The number of rotatable bonds is 2. The van der Waals surface area contributed by atoms with Gasteiger partial charge in [0.05, 0.1) is 12.3 Å². The molecule has 1 aromatic carbocycles. The molecule has 2 aromatic heterocycles. The summed E-state index contributed by atoms with van der Waals surface area (Å²) in [7, 11) is -3.36. The van der Waals surface area contributed by atoms with Gasteiger partial charge in [0.25, 0.3) is 0 Å². The first kappa shape index (κ1) is 14.0. The van der Waals surface area contributed by atoms with E-state index in [1.54, 1.807) is 48.8 Å². The van der Waals surface area contributed by atoms with Crippen molar-refractivity contribution >= 4 is 9.84 Å². The Hall–Kier alpha value is -2.67. The topological polar surface area (TPSA) is 85.1 Å². The second kappa shape index (κ2) is 4.92. The standard InChI is InChI=1S/C16H13N3O3S/c20-13-3-1-2-12(10-13)15-14(11-4-6-17-7-5-11)16-19(18-15)8-9-23(16,21)22/h1-7,10,20H,8-9H2. The number of hydrogen-bond donors (Lipinski definition) is 1. The zero-order chi connectivity index (χ0) is 16.0. The first-order valence-electron chi connectivity index (χ1n) is 7.09. The summed E-state index contributed by atoms with van der Waals surface area (Å²) in [5.41, 5.74) is 2.53. The summed E-state index contributed by atoms with van der Waals surface area (Å²) < 4.78 is 26.4. The van der Waals surface area contributed by atoms with Crippen molar-refractivity contribution in [2.45, 2.75) is 11.6 Å². The Morgan fingerprint density at radius 3 is 2.61 bits per heavy atom. The fourth-order valence-corrected chi connectivity index (χ4v) is 4.44. The summed E-state index contributed by atoms with van der Waals surface area (Å²) in [4.78, 5) is 3.99. The molecule has 0 fully saturated rings. The van der Waals surface area contributed by atoms with Crippen LogP contribution in [0, 0.1) is 0 Å². The van der Waals surface area contributed by atoms with Gasteiger partial charge in [0.2, 0.25) is 0 Å². The minimum Gasteiger partial charge on any atom is -0.508 e. The molecular formula is C16H13N3O3S. The second-order valence-corrected chi connectivity index (χ2v) is 7.38. The summed E-state index contributed by atoms with van der Waals surface area (Å²) in [6, 6.07) is 10.2. The van der Waals surface area contributed by atoms with Gasteiger partial charge in [-0.25, -0.2) is 8.42 Å². The van der Waals surface area contributed by atoms with Crippen LogP contribution in [0.25, 0.3) is 22.4 Å². The lowest BCUT2D eigenvalue weighted by Gasteiger charge is -2.05. The van der Waals surface area contributed by atoms with Gasteiger partial charge in [0.15, 0.2) is 14.9 Å². The molecule has 4 rings (SSSR count). The molecule has 7 heteroatoms. The Kier molecular flexibility index (Phi) is 2.99. The first-order chi connectivity index (χ1) is 11.1. The Bertz CT molecular complexity index is 995. The summed E-state index contributed by atoms with van der Waals surface area (Å²) >= 11 is 0. The minimum atomic E-state index is -3.36. The number of aromatic hydroxyl groups is 1. The molecule has 0 aliphatic carbocycles. The number of benzene rings is 1. The molecule has 1 aliphatic rings. The molecule has 0 saturated heterocycles. The molecule has 0 saturated carbocycles. The summed E-state index contributed by atoms with van der Waals surface area (Å²) in [6.45, 7) is 0.342. The van der Waals surface area contributed by atoms with E-state index in [-0.39, 0.29) is 16.5 Å². The van der Waals surface area contributed by atoms with Crippen LogP contribution in [0.3, 0.4) is 0 Å². The van der Waals surface area contributed by atoms with E-state index < -0.39 is 9.84 Å². The third-order valence-corrected chi connectivity index (χ3v) is 5.58. The zero-order valence-electron chi connectivity index (χ0n) is 12.0. The molecule has 23 heavy (non-hydrogen) atoms. The van der Waals surface area contributed by atoms with E-state index in [1.165, 1.54) is 4.68 Å². The van der Waals surface area contributed by atoms with Gasteiger partial charge >= 0.3 is 0 Å². The average Bonchev–Trinajstić information content (AvgIpc) is 3.07. The number of hydrogen-bond acceptors (Lipinski definition) is 5. The van der Waals surface area contributed by atoms with Crippen molar-refractivity contribution in [1.82, 2.24) is 14.8 Å². The maximum absolute atomic E-state index is 12.4. The molecule has 0 spiro atoms. The number of nitrogens with zero attached hydrogens (tertiary/aromatic N) is 3. The van der Waals surface area contributed by atoms with Crippen LogP contribution in [-0.2, 0) is 16.4 Å². The lowest BCUT2D eigenvalue weighted by atomic mass is 10.0. The molecule has 3 aromatic rings. The van der Waals surface area contributed by atoms with Gasteiger partial charge in [-0.15, -0.1) is 0 Å². The average molecular weight is 327 g/mol. The number of sulfone groups is 1. The summed E-state index contributed by atoms with van der Waals surface area (Å²) in [6.07, 6.45) is 3.24. The summed E-state index contributed by atoms with van der Waals surface area (Å²) in [5.74, 6) is 0.174. The fourth-order valence-electron chi connectivity index (χ4n) is 2.85. The molecule has 1 N–H and O–H groups in total. The largest absolute Gasteiger partial charge is 0.508 e. The maximum atomic E-state index is 12.4. The lowest BCUT2D eigenvalue weighted by molar-refractivity contribution is 0.475. The van der Waals surface area contributed by atoms with Crippen molar-refractivity contribution in [2.24, 2.45) is 0 Å². The molecular weight excluding hydrogens is 314 g/mol. The van der Waals surface area contributed by atoms with Crippen LogP contribution < -0.4 is 0 Å². The highest BCUT2D eigenvalue weighted by atomic mass is 32.2. The number of phenols is 1. The van der Waals surface area contributed by atoms with Crippen molar-refractivity contribution in [2.75, 3.05) is 5.75 Å². The molecule has 116 valence electrons. The summed E-state index contributed by atoms with van der Waals surface area (Å²) in [5, 5.41) is 14.4. The van der Waals surface area contributed by atoms with Crippen molar-refractivity contribution in [1.29, 1.82) is 0 Å². The molecule has 0 radical (unpaired) electrons. The van der Waals surface area contributed by atoms with E-state index in [9.17, 15) is 13.5 Å². The van der Waals surface area contributed by atoms with Crippen LogP contribution in [-0.4, -0.2) is 34.0 Å². The van der Waals surface area contributed by atoms with E-state index in [1.807, 2.05) is 0 Å². The Morgan fingerprint density at radius 2 is 1.87 bits per heavy atom. The number of aryl methyl sites for hydroxylation is 1. The quantitative estimate of drug-likeness (QED) is 0.779. The van der Waals surface area contributed by atoms with Crippen LogP contribution in [0.2, 0.25) is 0 Å². The Balaban J connectivity index is 2.06. The molecule has 6 nitrogen and oxygen atoms in total. The third-order valence-electron chi connectivity index (χ3n) is 3.86. The Labute approximate surface area is 133 Å². The molecule has 1 aliphatic heterocycles. The predicted octanol–water partition coefficient (Wildman–Crippen LogP) is 2.10. The fraction of sp³-hybridized carbons (Fsp3) is 0.125. The maximum Gasteiger partial charge on any atom is 0.197 e. The monoisotopic (exact) mass is 327 g/mol. The molecule has 0 atom stereocenters. The van der Waals surface area contributed by atoms with Crippen molar-refractivity contribution in [3.8, 4) is 28.1 Å². The van der Waals surface area contributed by atoms with Crippen LogP contribution in [0.4, 0.5) is 0 Å². The zero-order valence-corrected chi connectivity index (χ0v) is 12.9. The number of phenolic OH excluding ortho intramolecular Hbond substituents is 1. The SMILES string of the molecule is O=S1(=O)CCn2nc(-c3cccc(O)c3)c(-c3ccncc3)c21. The molecule has 0 amide bonds. The van der Waals surface area contributed by atoms with Gasteiger partial charge in [0.1, 0.15) is 11.4 Å². The van der Waals surface area contributed by atoms with Gasteiger partial charge in [-0.3, -0.25) is 9.67 Å². The van der Waals surface area contributed by atoms with Crippen molar-refractivity contribution < 1.29 is 13.5 Å². The van der Waals surface area contributed by atoms with E-state index in [0.717, 1.165) is 5.56 Å². The molecule has 0 bridgehead atoms. The van der Waals surface area contributed by atoms with Gasteiger partial charge in [-0.05, 0) is 29.8 Å². The van der Waals surface area contributed by atoms with E-state index in [2.05, 4.69) is 10.1 Å². The third kappa shape index (κ3) is 2.20. The van der Waals surface area contributed by atoms with Gasteiger partial charge in [-0.2, -0.15) is 5.10 Å².